The van der Waals surface area contributed by atoms with Gasteiger partial charge in [0.1, 0.15) is 11.4 Å². The summed E-state index contributed by atoms with van der Waals surface area (Å²) in [6.07, 6.45) is 2.28. The van der Waals surface area contributed by atoms with Crippen LogP contribution in [0.1, 0.15) is 29.4 Å². The number of hydrazone groups is 1. The average molecular weight is 394 g/mol. The molecule has 24 heavy (non-hydrogen) atoms. The van der Waals surface area contributed by atoms with Crippen molar-refractivity contribution in [3.8, 4) is 5.75 Å². The number of carboxylic acids is 1. The molecule has 3 N–H and O–H groups in total. The van der Waals surface area contributed by atoms with Crippen LogP contribution in [0, 0.1) is 0 Å². The summed E-state index contributed by atoms with van der Waals surface area (Å²) in [6, 6.07) is 8.50. The van der Waals surface area contributed by atoms with E-state index in [1.165, 1.54) is 0 Å². The molecule has 126 valence electrons. The quantitative estimate of drug-likeness (QED) is 0.496. The first kappa shape index (κ1) is 17.7. The molecule has 2 aromatic rings. The lowest BCUT2D eigenvalue weighted by Crippen LogP contribution is -2.20. The average Bonchev–Trinajstić information content (AvgIpc) is 3.01. The highest BCUT2D eigenvalue weighted by Gasteiger charge is 2.08. The zero-order valence-electron chi connectivity index (χ0n) is 12.9. The fourth-order valence-corrected chi connectivity index (χ4v) is 2.26. The van der Waals surface area contributed by atoms with Crippen LogP contribution in [0.4, 0.5) is 0 Å². The van der Waals surface area contributed by atoms with E-state index in [9.17, 15) is 9.59 Å². The maximum Gasteiger partial charge on any atom is 0.341 e. The van der Waals surface area contributed by atoms with E-state index in [0.29, 0.717) is 23.6 Å². The third-order valence-electron chi connectivity index (χ3n) is 3.07. The highest BCUT2D eigenvalue weighted by molar-refractivity contribution is 9.10. The Hall–Kier alpha value is -2.61. The van der Waals surface area contributed by atoms with Gasteiger partial charge in [-0.2, -0.15) is 5.10 Å². The first-order valence-electron chi connectivity index (χ1n) is 7.15. The van der Waals surface area contributed by atoms with Gasteiger partial charge >= 0.3 is 5.97 Å². The number of hydrogen-bond donors (Lipinski definition) is 3. The Labute approximate surface area is 146 Å². The second kappa shape index (κ2) is 8.30. The van der Waals surface area contributed by atoms with Crippen molar-refractivity contribution in [1.29, 1.82) is 0 Å². The smallest absolute Gasteiger partial charge is 0.341 e. The molecule has 1 amide bonds. The molecule has 0 aliphatic carbocycles. The number of aromatic amines is 1. The number of nitrogens with one attached hydrogen (secondary N) is 2. The molecule has 2 rings (SSSR count). The third-order valence-corrected chi connectivity index (χ3v) is 3.53. The Bertz CT molecular complexity index is 753. The maximum absolute atomic E-state index is 12.0. The normalized spacial score (nSPS) is 11.2. The number of aliphatic carboxylic acids is 1. The van der Waals surface area contributed by atoms with Gasteiger partial charge in [0, 0.05) is 10.7 Å². The molecule has 0 radical (unpaired) electrons. The predicted octanol–water partition coefficient (Wildman–Crippen LogP) is 2.78. The van der Waals surface area contributed by atoms with Gasteiger partial charge in [0.2, 0.25) is 0 Å². The van der Waals surface area contributed by atoms with Crippen molar-refractivity contribution in [2.24, 2.45) is 5.10 Å². The number of carbonyl (C=O) groups is 2. The highest BCUT2D eigenvalue weighted by Crippen LogP contribution is 2.14. The van der Waals surface area contributed by atoms with Crippen LogP contribution in [0.2, 0.25) is 0 Å². The number of aromatic nitrogens is 1. The van der Waals surface area contributed by atoms with E-state index in [1.807, 2.05) is 6.92 Å². The number of amides is 1. The Morgan fingerprint density at radius 1 is 1.33 bits per heavy atom. The van der Waals surface area contributed by atoms with Crippen molar-refractivity contribution < 1.29 is 19.4 Å². The molecule has 1 aromatic carbocycles. The fourth-order valence-electron chi connectivity index (χ4n) is 1.91. The van der Waals surface area contributed by atoms with E-state index < -0.39 is 12.6 Å². The minimum Gasteiger partial charge on any atom is -0.482 e. The van der Waals surface area contributed by atoms with Gasteiger partial charge in [-0.05, 0) is 58.2 Å². The first-order chi connectivity index (χ1) is 11.5. The largest absolute Gasteiger partial charge is 0.482 e. The number of carboxylic acid groups (broad SMARTS) is 1. The van der Waals surface area contributed by atoms with Gasteiger partial charge in [0.25, 0.3) is 5.91 Å². The molecule has 0 fully saturated rings. The lowest BCUT2D eigenvalue weighted by atomic mass is 10.1. The standard InChI is InChI=1S/C16H16BrN3O4/c1-2-13(19-20-16(23)14-7-11(17)8-18-14)10-3-5-12(6-4-10)24-9-15(21)22/h3-8,18H,2,9H2,1H3,(H,20,23)(H,21,22)/b19-13-. The van der Waals surface area contributed by atoms with Gasteiger partial charge in [0.05, 0.1) is 5.71 Å². The SMILES string of the molecule is CC/C(=N/NC(=O)c1cc(Br)c[nH]1)c1ccc(OCC(=O)O)cc1. The molecular formula is C16H16BrN3O4. The Balaban J connectivity index is 2.04. The number of rotatable bonds is 7. The number of H-pyrrole nitrogens is 1. The van der Waals surface area contributed by atoms with Crippen molar-refractivity contribution in [2.45, 2.75) is 13.3 Å². The molecule has 1 heterocycles. The molecule has 0 spiro atoms. The first-order valence-corrected chi connectivity index (χ1v) is 7.94. The molecule has 0 bridgehead atoms. The van der Waals surface area contributed by atoms with Gasteiger partial charge in [-0.25, -0.2) is 10.2 Å². The number of hydrogen-bond acceptors (Lipinski definition) is 4. The summed E-state index contributed by atoms with van der Waals surface area (Å²) in [6.45, 7) is 1.53. The van der Waals surface area contributed by atoms with Gasteiger partial charge in [-0.15, -0.1) is 0 Å². The molecule has 7 nitrogen and oxygen atoms in total. The molecule has 0 saturated carbocycles. The molecule has 0 aliphatic heterocycles. The zero-order valence-corrected chi connectivity index (χ0v) is 14.5. The second-order valence-corrected chi connectivity index (χ2v) is 5.71. The number of halogens is 1. The second-order valence-electron chi connectivity index (χ2n) is 4.79. The number of carbonyl (C=O) groups excluding carboxylic acids is 1. The Morgan fingerprint density at radius 2 is 2.04 bits per heavy atom. The van der Waals surface area contributed by atoms with Crippen LogP contribution in [0.5, 0.6) is 5.75 Å². The lowest BCUT2D eigenvalue weighted by molar-refractivity contribution is -0.139. The molecule has 8 heteroatoms. The van der Waals surface area contributed by atoms with E-state index in [-0.39, 0.29) is 5.91 Å². The molecule has 0 aliphatic rings. The van der Waals surface area contributed by atoms with E-state index in [4.69, 9.17) is 9.84 Å². The Kier molecular flexibility index (Phi) is 6.14. The molecule has 0 unspecified atom stereocenters. The van der Waals surface area contributed by atoms with Crippen LogP contribution < -0.4 is 10.2 Å². The van der Waals surface area contributed by atoms with Crippen molar-refractivity contribution in [3.05, 3.63) is 52.3 Å². The summed E-state index contributed by atoms with van der Waals surface area (Å²) < 4.78 is 5.86. The van der Waals surface area contributed by atoms with E-state index in [0.717, 1.165) is 10.0 Å². The maximum atomic E-state index is 12.0. The zero-order chi connectivity index (χ0) is 17.5. The van der Waals surface area contributed by atoms with Gasteiger partial charge in [-0.3, -0.25) is 4.79 Å². The van der Waals surface area contributed by atoms with Gasteiger partial charge in [-0.1, -0.05) is 6.92 Å². The molecular weight excluding hydrogens is 378 g/mol. The van der Waals surface area contributed by atoms with Gasteiger partial charge in [0.15, 0.2) is 6.61 Å². The summed E-state index contributed by atoms with van der Waals surface area (Å²) in [5.74, 6) is -0.918. The summed E-state index contributed by atoms with van der Waals surface area (Å²) in [7, 11) is 0. The van der Waals surface area contributed by atoms with Crippen molar-refractivity contribution in [1.82, 2.24) is 10.4 Å². The summed E-state index contributed by atoms with van der Waals surface area (Å²) >= 11 is 3.26. The monoisotopic (exact) mass is 393 g/mol. The minimum atomic E-state index is -1.03. The Morgan fingerprint density at radius 3 is 2.58 bits per heavy atom. The highest BCUT2D eigenvalue weighted by atomic mass is 79.9. The van der Waals surface area contributed by atoms with Crippen molar-refractivity contribution in [2.75, 3.05) is 6.61 Å². The van der Waals surface area contributed by atoms with Crippen LogP contribution in [0.15, 0.2) is 46.1 Å². The third kappa shape index (κ3) is 4.95. The molecule has 0 atom stereocenters. The van der Waals surface area contributed by atoms with E-state index in [1.54, 1.807) is 36.5 Å². The predicted molar refractivity (Wildman–Crippen MR) is 92.4 cm³/mol. The summed E-state index contributed by atoms with van der Waals surface area (Å²) in [5, 5.41) is 12.7. The molecule has 1 aromatic heterocycles. The van der Waals surface area contributed by atoms with Crippen LogP contribution in [0.25, 0.3) is 0 Å². The lowest BCUT2D eigenvalue weighted by Gasteiger charge is -2.07. The summed E-state index contributed by atoms with van der Waals surface area (Å²) in [5.41, 5.74) is 4.41. The fraction of sp³-hybridized carbons (Fsp3) is 0.188. The van der Waals surface area contributed by atoms with E-state index in [2.05, 4.69) is 31.4 Å². The topological polar surface area (TPSA) is 104 Å². The van der Waals surface area contributed by atoms with Crippen molar-refractivity contribution >= 4 is 33.5 Å². The van der Waals surface area contributed by atoms with Gasteiger partial charge < -0.3 is 14.8 Å². The van der Waals surface area contributed by atoms with Crippen LogP contribution in [0.3, 0.4) is 0 Å². The van der Waals surface area contributed by atoms with Crippen LogP contribution >= 0.6 is 15.9 Å². The molecule has 0 saturated heterocycles. The van der Waals surface area contributed by atoms with Crippen molar-refractivity contribution in [3.63, 3.8) is 0 Å². The number of ether oxygens (including phenoxy) is 1. The minimum absolute atomic E-state index is 0.340. The number of nitrogens with zero attached hydrogens (tertiary/aromatic N) is 1. The number of benzene rings is 1. The van der Waals surface area contributed by atoms with Crippen LogP contribution in [-0.4, -0.2) is 34.3 Å². The van der Waals surface area contributed by atoms with Crippen LogP contribution in [-0.2, 0) is 4.79 Å². The van der Waals surface area contributed by atoms with E-state index >= 15 is 0 Å². The summed E-state index contributed by atoms with van der Waals surface area (Å²) in [4.78, 5) is 25.3.